The molecule has 0 saturated heterocycles. The highest BCUT2D eigenvalue weighted by molar-refractivity contribution is 5.49. The molecular formula is C13H8N2O. The molecule has 2 rings (SSSR count). The van der Waals surface area contributed by atoms with E-state index in [0.29, 0.717) is 16.9 Å². The number of allylic oxidation sites excluding steroid dienone is 2. The highest BCUT2D eigenvalue weighted by Gasteiger charge is 2.08. The van der Waals surface area contributed by atoms with Crippen molar-refractivity contribution >= 4 is 0 Å². The van der Waals surface area contributed by atoms with Gasteiger partial charge in [-0.05, 0) is 30.4 Å². The number of benzene rings is 1. The van der Waals surface area contributed by atoms with Crippen LogP contribution in [0.2, 0.25) is 0 Å². The average molecular weight is 208 g/mol. The minimum atomic E-state index is -0.0838. The van der Waals surface area contributed by atoms with Crippen molar-refractivity contribution in [2.24, 2.45) is 0 Å². The van der Waals surface area contributed by atoms with E-state index in [1.807, 2.05) is 36.4 Å². The zero-order valence-corrected chi connectivity index (χ0v) is 8.42. The first-order chi connectivity index (χ1) is 7.83. The van der Waals surface area contributed by atoms with Crippen LogP contribution in [-0.4, -0.2) is 6.10 Å². The van der Waals surface area contributed by atoms with Crippen molar-refractivity contribution in [2.75, 3.05) is 0 Å². The van der Waals surface area contributed by atoms with Gasteiger partial charge in [-0.25, -0.2) is 0 Å². The first-order valence-corrected chi connectivity index (χ1v) is 4.79. The summed E-state index contributed by atoms with van der Waals surface area (Å²) in [7, 11) is 0. The normalized spacial score (nSPS) is 13.4. The third kappa shape index (κ3) is 1.94. The summed E-state index contributed by atoms with van der Waals surface area (Å²) in [6.07, 6.45) is 7.53. The zero-order valence-electron chi connectivity index (χ0n) is 8.42. The monoisotopic (exact) mass is 208 g/mol. The molecular weight excluding hydrogens is 200 g/mol. The van der Waals surface area contributed by atoms with Crippen LogP contribution in [0.25, 0.3) is 0 Å². The van der Waals surface area contributed by atoms with Crippen LogP contribution in [-0.2, 0) is 0 Å². The SMILES string of the molecule is N#Cc1ccc(OC2C=CC=C2)cc1C#N. The molecule has 16 heavy (non-hydrogen) atoms. The summed E-state index contributed by atoms with van der Waals surface area (Å²) in [6.45, 7) is 0. The summed E-state index contributed by atoms with van der Waals surface area (Å²) < 4.78 is 5.58. The lowest BCUT2D eigenvalue weighted by Crippen LogP contribution is -2.07. The highest BCUT2D eigenvalue weighted by Crippen LogP contribution is 2.19. The maximum Gasteiger partial charge on any atom is 0.136 e. The Morgan fingerprint density at radius 3 is 2.31 bits per heavy atom. The van der Waals surface area contributed by atoms with Gasteiger partial charge in [-0.15, -0.1) is 0 Å². The van der Waals surface area contributed by atoms with Gasteiger partial charge in [0.2, 0.25) is 0 Å². The summed E-state index contributed by atoms with van der Waals surface area (Å²) in [6, 6.07) is 8.80. The van der Waals surface area contributed by atoms with Gasteiger partial charge in [0.1, 0.15) is 24.0 Å². The van der Waals surface area contributed by atoms with Crippen LogP contribution >= 0.6 is 0 Å². The van der Waals surface area contributed by atoms with Crippen molar-refractivity contribution < 1.29 is 4.74 Å². The second-order valence-corrected chi connectivity index (χ2v) is 3.28. The van der Waals surface area contributed by atoms with Crippen molar-refractivity contribution in [1.29, 1.82) is 10.5 Å². The van der Waals surface area contributed by atoms with Crippen LogP contribution in [0.3, 0.4) is 0 Å². The second-order valence-electron chi connectivity index (χ2n) is 3.28. The molecule has 0 unspecified atom stereocenters. The predicted molar refractivity (Wildman–Crippen MR) is 58.6 cm³/mol. The lowest BCUT2D eigenvalue weighted by molar-refractivity contribution is 0.298. The second kappa shape index (κ2) is 4.33. The van der Waals surface area contributed by atoms with Crippen LogP contribution in [0.1, 0.15) is 11.1 Å². The summed E-state index contributed by atoms with van der Waals surface area (Å²) in [5.41, 5.74) is 0.707. The van der Waals surface area contributed by atoms with E-state index >= 15 is 0 Å². The van der Waals surface area contributed by atoms with E-state index in [4.69, 9.17) is 15.3 Å². The number of ether oxygens (including phenoxy) is 1. The zero-order chi connectivity index (χ0) is 11.4. The Morgan fingerprint density at radius 1 is 1.00 bits per heavy atom. The molecule has 0 atom stereocenters. The molecule has 0 amide bonds. The van der Waals surface area contributed by atoms with E-state index in [-0.39, 0.29) is 6.10 Å². The molecule has 3 heteroatoms. The molecule has 0 aromatic heterocycles. The van der Waals surface area contributed by atoms with E-state index in [2.05, 4.69) is 0 Å². The molecule has 0 fully saturated rings. The third-order valence-corrected chi connectivity index (χ3v) is 2.22. The van der Waals surface area contributed by atoms with Gasteiger partial charge in [-0.2, -0.15) is 10.5 Å². The minimum Gasteiger partial charge on any atom is -0.482 e. The minimum absolute atomic E-state index is 0.0838. The topological polar surface area (TPSA) is 56.8 Å². The highest BCUT2D eigenvalue weighted by atomic mass is 16.5. The van der Waals surface area contributed by atoms with Gasteiger partial charge in [0, 0.05) is 0 Å². The Hall–Kier alpha value is -2.52. The largest absolute Gasteiger partial charge is 0.482 e. The molecule has 0 bridgehead atoms. The molecule has 3 nitrogen and oxygen atoms in total. The fourth-order valence-corrected chi connectivity index (χ4v) is 1.43. The maximum absolute atomic E-state index is 8.85. The predicted octanol–water partition coefficient (Wildman–Crippen LogP) is 2.30. The van der Waals surface area contributed by atoms with Gasteiger partial charge in [0.25, 0.3) is 0 Å². The number of nitrogens with zero attached hydrogens (tertiary/aromatic N) is 2. The van der Waals surface area contributed by atoms with E-state index in [9.17, 15) is 0 Å². The van der Waals surface area contributed by atoms with E-state index in [1.165, 1.54) is 0 Å². The van der Waals surface area contributed by atoms with Gasteiger partial charge in [0.15, 0.2) is 0 Å². The number of hydrogen-bond acceptors (Lipinski definition) is 3. The fraction of sp³-hybridized carbons (Fsp3) is 0.0769. The molecule has 1 aromatic carbocycles. The van der Waals surface area contributed by atoms with E-state index < -0.39 is 0 Å². The molecule has 1 aliphatic carbocycles. The molecule has 0 radical (unpaired) electrons. The Morgan fingerprint density at radius 2 is 1.69 bits per heavy atom. The van der Waals surface area contributed by atoms with Crippen LogP contribution in [0.4, 0.5) is 0 Å². The van der Waals surface area contributed by atoms with Crippen molar-refractivity contribution in [2.45, 2.75) is 6.10 Å². The van der Waals surface area contributed by atoms with Crippen molar-refractivity contribution in [3.05, 3.63) is 53.6 Å². The van der Waals surface area contributed by atoms with Crippen molar-refractivity contribution in [3.8, 4) is 17.9 Å². The molecule has 76 valence electrons. The first kappa shape index (κ1) is 10.0. The molecule has 0 aliphatic heterocycles. The van der Waals surface area contributed by atoms with Gasteiger partial charge in [-0.1, -0.05) is 12.2 Å². The Balaban J connectivity index is 2.24. The summed E-state index contributed by atoms with van der Waals surface area (Å²) in [4.78, 5) is 0. The Bertz CT molecular complexity index is 532. The standard InChI is InChI=1S/C13H8N2O/c14-8-10-5-6-13(7-11(10)9-15)16-12-3-1-2-4-12/h1-7,12H. The summed E-state index contributed by atoms with van der Waals surface area (Å²) in [5.74, 6) is 0.594. The van der Waals surface area contributed by atoms with Gasteiger partial charge < -0.3 is 4.74 Å². The van der Waals surface area contributed by atoms with Crippen LogP contribution < -0.4 is 4.74 Å². The van der Waals surface area contributed by atoms with Gasteiger partial charge >= 0.3 is 0 Å². The molecule has 0 heterocycles. The first-order valence-electron chi connectivity index (χ1n) is 4.79. The van der Waals surface area contributed by atoms with Crippen molar-refractivity contribution in [3.63, 3.8) is 0 Å². The molecule has 1 aliphatic rings. The smallest absolute Gasteiger partial charge is 0.136 e. The average Bonchev–Trinajstić information content (AvgIpc) is 2.81. The third-order valence-electron chi connectivity index (χ3n) is 2.22. The number of rotatable bonds is 2. The van der Waals surface area contributed by atoms with E-state index in [1.54, 1.807) is 18.2 Å². The molecule has 1 aromatic rings. The number of nitriles is 2. The summed E-state index contributed by atoms with van der Waals surface area (Å²) in [5, 5.41) is 17.6. The molecule has 0 spiro atoms. The quantitative estimate of drug-likeness (QED) is 0.749. The number of hydrogen-bond donors (Lipinski definition) is 0. The van der Waals surface area contributed by atoms with Gasteiger partial charge in [-0.3, -0.25) is 0 Å². The van der Waals surface area contributed by atoms with Crippen molar-refractivity contribution in [1.82, 2.24) is 0 Å². The maximum atomic E-state index is 8.85. The Kier molecular flexibility index (Phi) is 2.71. The van der Waals surface area contributed by atoms with Crippen LogP contribution in [0.5, 0.6) is 5.75 Å². The lowest BCUT2D eigenvalue weighted by Gasteiger charge is -2.10. The lowest BCUT2D eigenvalue weighted by atomic mass is 10.1. The molecule has 0 N–H and O–H groups in total. The van der Waals surface area contributed by atoms with E-state index in [0.717, 1.165) is 0 Å². The Labute approximate surface area is 93.5 Å². The fourth-order valence-electron chi connectivity index (χ4n) is 1.43. The van der Waals surface area contributed by atoms with Crippen LogP contribution in [0, 0.1) is 22.7 Å². The summed E-state index contributed by atoms with van der Waals surface area (Å²) >= 11 is 0. The molecule has 0 saturated carbocycles. The van der Waals surface area contributed by atoms with Gasteiger partial charge in [0.05, 0.1) is 11.1 Å². The van der Waals surface area contributed by atoms with Crippen LogP contribution in [0.15, 0.2) is 42.5 Å².